The molecular weight excluding hydrogens is 795 g/mol. The number of fused-ring (bicyclic) bond motifs is 3. The van der Waals surface area contributed by atoms with Gasteiger partial charge in [-0.25, -0.2) is 4.98 Å². The Bertz CT molecular complexity index is 1990. The fourth-order valence-electron chi connectivity index (χ4n) is 6.23. The molecule has 49 heavy (non-hydrogen) atoms. The van der Waals surface area contributed by atoms with Gasteiger partial charge in [0.1, 0.15) is 0 Å². The molecule has 6 heteroatoms. The number of rotatable bonds is 9. The first-order valence-electron chi connectivity index (χ1n) is 17.5. The van der Waals surface area contributed by atoms with Gasteiger partial charge in [0.05, 0.1) is 13.7 Å². The van der Waals surface area contributed by atoms with Gasteiger partial charge in [-0.1, -0.05) is 96.8 Å². The maximum atomic E-state index is 6.22. The zero-order valence-electron chi connectivity index (χ0n) is 30.9. The molecule has 0 aliphatic carbocycles. The van der Waals surface area contributed by atoms with Crippen molar-refractivity contribution in [2.24, 2.45) is 5.92 Å². The second-order valence-electron chi connectivity index (χ2n) is 15.0. The van der Waals surface area contributed by atoms with Gasteiger partial charge in [0, 0.05) is 43.6 Å². The van der Waals surface area contributed by atoms with Crippen molar-refractivity contribution in [3.63, 3.8) is 0 Å². The third-order valence-corrected chi connectivity index (χ3v) is 11.7. The minimum absolute atomic E-state index is 0. The molecule has 259 valence electrons. The predicted molar refractivity (Wildman–Crippen MR) is 206 cm³/mol. The van der Waals surface area contributed by atoms with Gasteiger partial charge in [-0.3, -0.25) is 0 Å². The molecule has 0 bridgehead atoms. The molecular formula is C43H51IrN3OSi-2. The zero-order chi connectivity index (χ0) is 34.6. The second-order valence-corrected chi connectivity index (χ2v) is 20.0. The van der Waals surface area contributed by atoms with Gasteiger partial charge in [-0.15, -0.1) is 54.1 Å². The van der Waals surface area contributed by atoms with E-state index < -0.39 is 8.07 Å². The molecule has 4 aromatic heterocycles. The van der Waals surface area contributed by atoms with E-state index in [4.69, 9.17) is 9.40 Å². The topological polar surface area (TPSA) is 51.8 Å². The number of pyridine rings is 3. The molecule has 0 saturated carbocycles. The van der Waals surface area contributed by atoms with E-state index in [0.717, 1.165) is 63.8 Å². The molecule has 6 aromatic rings. The van der Waals surface area contributed by atoms with Crippen LogP contribution < -0.4 is 5.19 Å². The molecule has 0 N–H and O–H groups in total. The molecule has 0 fully saturated rings. The molecule has 6 rings (SSSR count). The fraction of sp³-hybridized carbons (Fsp3) is 0.372. The van der Waals surface area contributed by atoms with Crippen LogP contribution in [0.5, 0.6) is 0 Å². The van der Waals surface area contributed by atoms with Crippen LogP contribution in [0, 0.1) is 18.1 Å². The summed E-state index contributed by atoms with van der Waals surface area (Å²) in [6.45, 7) is 22.8. The van der Waals surface area contributed by atoms with Crippen LogP contribution in [-0.2, 0) is 31.9 Å². The largest absolute Gasteiger partial charge is 0.486 e. The van der Waals surface area contributed by atoms with Crippen LogP contribution in [0.25, 0.3) is 44.6 Å². The van der Waals surface area contributed by atoms with Gasteiger partial charge in [-0.05, 0) is 76.9 Å². The van der Waals surface area contributed by atoms with Crippen LogP contribution in [0.1, 0.15) is 84.0 Å². The Kier molecular flexibility index (Phi) is 12.6. The Balaban J connectivity index is 0.000000229. The summed E-state index contributed by atoms with van der Waals surface area (Å²) in [6.07, 6.45) is 7.32. The predicted octanol–water partition coefficient (Wildman–Crippen LogP) is 11.3. The smallest absolute Gasteiger partial charge is 0.216 e. The maximum absolute atomic E-state index is 6.22. The Morgan fingerprint density at radius 1 is 0.837 bits per heavy atom. The standard InChI is InChI=1S/C25H27N2O.C18H24NSi.Ir/c1-6-25(5,7-2)17-13-14-26-22(15-17)20-10-8-9-18-19-11-12-21(16(3)4)27-24(19)28-23(18)20;1-14(2)11-16-12-17(15-9-7-6-8-10-15)19-13-18(16)20(3,4)5;/h8-9,11-16H,6-7H2,1-5H3;6-9,12-14H,11H2,1-5H3;/q2*-1;. The molecule has 0 aliphatic heterocycles. The molecule has 4 heterocycles. The van der Waals surface area contributed by atoms with E-state index in [1.165, 1.54) is 16.3 Å². The Labute approximate surface area is 308 Å². The summed E-state index contributed by atoms with van der Waals surface area (Å²) in [5.74, 6) is 1.03. The van der Waals surface area contributed by atoms with Gasteiger partial charge in [-0.2, -0.15) is 0 Å². The molecule has 0 atom stereocenters. The van der Waals surface area contributed by atoms with Crippen LogP contribution in [-0.4, -0.2) is 23.0 Å². The van der Waals surface area contributed by atoms with Crippen LogP contribution in [0.3, 0.4) is 0 Å². The SMILES string of the molecule is CC(C)Cc1cc(-c2[c-]cccc2)ncc1[Si](C)(C)C.CCC(C)(CC)c1ccnc(-c2[c-]ccc3c2oc2nc(C(C)C)ccc23)c1.[Ir]. The molecule has 2 aromatic carbocycles. The van der Waals surface area contributed by atoms with Gasteiger partial charge in [0.25, 0.3) is 0 Å². The van der Waals surface area contributed by atoms with Gasteiger partial charge in [0.2, 0.25) is 5.71 Å². The molecule has 0 amide bonds. The van der Waals surface area contributed by atoms with Crippen LogP contribution >= 0.6 is 0 Å². The van der Waals surface area contributed by atoms with Crippen molar-refractivity contribution >= 4 is 35.3 Å². The van der Waals surface area contributed by atoms with E-state index in [9.17, 15) is 0 Å². The van der Waals surface area contributed by atoms with Gasteiger partial charge >= 0.3 is 0 Å². The van der Waals surface area contributed by atoms with Gasteiger partial charge in [0.15, 0.2) is 0 Å². The molecule has 1 radical (unpaired) electrons. The van der Waals surface area contributed by atoms with Crippen LogP contribution in [0.2, 0.25) is 19.6 Å². The minimum Gasteiger partial charge on any atom is -0.486 e. The van der Waals surface area contributed by atoms with Crippen molar-refractivity contribution in [1.29, 1.82) is 0 Å². The van der Waals surface area contributed by atoms with E-state index in [1.807, 2.05) is 36.5 Å². The summed E-state index contributed by atoms with van der Waals surface area (Å²) in [6, 6.07) is 29.5. The number of furan rings is 1. The van der Waals surface area contributed by atoms with Gasteiger partial charge < -0.3 is 14.4 Å². The third-order valence-electron chi connectivity index (χ3n) is 9.60. The first-order chi connectivity index (χ1) is 22.8. The van der Waals surface area contributed by atoms with E-state index in [1.54, 1.807) is 0 Å². The summed E-state index contributed by atoms with van der Waals surface area (Å²) >= 11 is 0. The quantitative estimate of drug-likeness (QED) is 0.107. The van der Waals surface area contributed by atoms with E-state index in [2.05, 4.69) is 133 Å². The third kappa shape index (κ3) is 8.66. The van der Waals surface area contributed by atoms with Crippen molar-refractivity contribution < 1.29 is 24.5 Å². The maximum Gasteiger partial charge on any atom is 0.216 e. The molecule has 0 saturated heterocycles. The Morgan fingerprint density at radius 2 is 1.59 bits per heavy atom. The summed E-state index contributed by atoms with van der Waals surface area (Å²) < 4.78 is 6.22. The fourth-order valence-corrected chi connectivity index (χ4v) is 7.82. The van der Waals surface area contributed by atoms with E-state index in [-0.39, 0.29) is 25.5 Å². The Morgan fingerprint density at radius 3 is 2.22 bits per heavy atom. The van der Waals surface area contributed by atoms with Crippen molar-refractivity contribution in [2.75, 3.05) is 0 Å². The van der Waals surface area contributed by atoms with Crippen molar-refractivity contribution in [2.45, 2.75) is 98.7 Å². The summed E-state index contributed by atoms with van der Waals surface area (Å²) in [5.41, 5.74) is 9.40. The second kappa shape index (κ2) is 16.1. The number of hydrogen-bond acceptors (Lipinski definition) is 4. The average Bonchev–Trinajstić information content (AvgIpc) is 3.46. The molecule has 0 aliphatic rings. The number of nitrogens with zero attached hydrogens (tertiary/aromatic N) is 3. The monoisotopic (exact) mass is 846 g/mol. The Hall–Kier alpha value is -3.44. The van der Waals surface area contributed by atoms with Crippen molar-refractivity contribution in [3.05, 3.63) is 108 Å². The van der Waals surface area contributed by atoms with Crippen molar-refractivity contribution in [3.8, 4) is 22.5 Å². The first-order valence-corrected chi connectivity index (χ1v) is 21.0. The molecule has 0 spiro atoms. The summed E-state index contributed by atoms with van der Waals surface area (Å²) in [7, 11) is -1.34. The van der Waals surface area contributed by atoms with E-state index >= 15 is 0 Å². The number of hydrogen-bond donors (Lipinski definition) is 0. The van der Waals surface area contributed by atoms with Crippen LogP contribution in [0.4, 0.5) is 0 Å². The first kappa shape index (κ1) is 38.4. The minimum atomic E-state index is -1.34. The van der Waals surface area contributed by atoms with Crippen LogP contribution in [0.15, 0.2) is 83.5 Å². The van der Waals surface area contributed by atoms with E-state index in [0.29, 0.717) is 17.5 Å². The number of benzene rings is 2. The number of aromatic nitrogens is 3. The molecule has 0 unspecified atom stereocenters. The molecule has 4 nitrogen and oxygen atoms in total. The summed E-state index contributed by atoms with van der Waals surface area (Å²) in [4.78, 5) is 14.1. The normalized spacial score (nSPS) is 11.9. The van der Waals surface area contributed by atoms with Crippen molar-refractivity contribution in [1.82, 2.24) is 15.0 Å². The summed E-state index contributed by atoms with van der Waals surface area (Å²) in [5, 5.41) is 3.59. The zero-order valence-corrected chi connectivity index (χ0v) is 34.3. The average molecular weight is 846 g/mol.